The third kappa shape index (κ3) is 5.57. The van der Waals surface area contributed by atoms with E-state index >= 15 is 0 Å². The number of ether oxygens (including phenoxy) is 2. The molecule has 0 atom stereocenters. The zero-order valence-corrected chi connectivity index (χ0v) is 23.6. The fourth-order valence-electron chi connectivity index (χ4n) is 9.68. The number of rotatable bonds is 8. The first-order chi connectivity index (χ1) is 17.7. The summed E-state index contributed by atoms with van der Waals surface area (Å²) in [5, 5.41) is 0. The van der Waals surface area contributed by atoms with Gasteiger partial charge in [0.05, 0.1) is 6.42 Å². The molecule has 5 nitrogen and oxygen atoms in total. The van der Waals surface area contributed by atoms with Crippen LogP contribution < -0.4 is 0 Å². The van der Waals surface area contributed by atoms with Crippen LogP contribution in [-0.2, 0) is 19.1 Å². The van der Waals surface area contributed by atoms with Crippen LogP contribution in [0.4, 0.5) is 0 Å². The van der Waals surface area contributed by atoms with E-state index < -0.39 is 0 Å². The molecule has 8 bridgehead atoms. The first kappa shape index (κ1) is 27.3. The maximum atomic E-state index is 12.0. The molecular weight excluding hydrogens is 486 g/mol. The lowest BCUT2D eigenvalue weighted by Crippen LogP contribution is -2.57. The topological polar surface area (TPSA) is 57.0 Å². The van der Waals surface area contributed by atoms with E-state index in [1.807, 2.05) is 0 Å². The fourth-order valence-corrected chi connectivity index (χ4v) is 9.81. The molecule has 0 N–H and O–H groups in total. The fraction of sp³-hybridized carbons (Fsp3) is 0.903. The number of carbonyl (C=O) groups excluding carboxylic acids is 2. The predicted molar refractivity (Wildman–Crippen MR) is 144 cm³/mol. The summed E-state index contributed by atoms with van der Waals surface area (Å²) >= 11 is 5.64. The Morgan fingerprint density at radius 3 is 1.38 bits per heavy atom. The molecule has 206 valence electrons. The largest absolute Gasteiger partial charge is 0.459 e. The highest BCUT2D eigenvalue weighted by atomic mass is 35.5. The minimum absolute atomic E-state index is 0.0365. The van der Waals surface area contributed by atoms with Gasteiger partial charge < -0.3 is 14.3 Å². The molecule has 8 aliphatic rings. The van der Waals surface area contributed by atoms with Crippen molar-refractivity contribution >= 4 is 23.5 Å². The molecule has 0 amide bonds. The third-order valence-electron chi connectivity index (χ3n) is 11.4. The van der Waals surface area contributed by atoms with E-state index in [1.165, 1.54) is 64.2 Å². The molecule has 8 fully saturated rings. The van der Waals surface area contributed by atoms with E-state index in [1.54, 1.807) is 0 Å². The Hall–Kier alpha value is -1.28. The van der Waals surface area contributed by atoms with E-state index in [4.69, 9.17) is 27.6 Å². The van der Waals surface area contributed by atoms with Gasteiger partial charge in [-0.05, 0) is 132 Å². The molecule has 0 radical (unpaired) electrons. The Morgan fingerprint density at radius 2 is 1.05 bits per heavy atom. The van der Waals surface area contributed by atoms with Crippen molar-refractivity contribution in [3.05, 3.63) is 11.4 Å². The van der Waals surface area contributed by atoms with E-state index in [-0.39, 0.29) is 23.1 Å². The Balaban J connectivity index is 0.000000152. The highest BCUT2D eigenvalue weighted by Gasteiger charge is 2.58. The van der Waals surface area contributed by atoms with Crippen molar-refractivity contribution in [3.8, 4) is 0 Å². The first-order valence-electron chi connectivity index (χ1n) is 15.1. The van der Waals surface area contributed by atoms with Crippen molar-refractivity contribution in [2.24, 2.45) is 47.3 Å². The third-order valence-corrected chi connectivity index (χ3v) is 11.6. The number of esters is 2. The summed E-state index contributed by atoms with van der Waals surface area (Å²) in [6.07, 6.45) is 15.3. The molecule has 8 rings (SSSR count). The second-order valence-electron chi connectivity index (χ2n) is 13.7. The van der Waals surface area contributed by atoms with Crippen molar-refractivity contribution < 1.29 is 19.1 Å². The number of nitrogens with zero attached hydrogens (tertiary/aromatic N) is 1. The number of alkyl halides is 1. The first-order valence-corrected chi connectivity index (χ1v) is 15.6. The average molecular weight is 532 g/mol. The zero-order valence-electron chi connectivity index (χ0n) is 22.9. The minimum Gasteiger partial charge on any atom is -0.459 e. The van der Waals surface area contributed by atoms with Gasteiger partial charge in [0.1, 0.15) is 11.2 Å². The summed E-state index contributed by atoms with van der Waals surface area (Å²) in [4.78, 5) is 27.2. The maximum Gasteiger partial charge on any atom is 0.306 e. The smallest absolute Gasteiger partial charge is 0.306 e. The number of carbonyl (C=O) groups is 2. The van der Waals surface area contributed by atoms with Gasteiger partial charge in [-0.25, -0.2) is 6.57 Å². The van der Waals surface area contributed by atoms with Crippen molar-refractivity contribution in [3.63, 3.8) is 0 Å². The Morgan fingerprint density at radius 1 is 0.703 bits per heavy atom. The number of hydrogen-bond donors (Lipinski definition) is 0. The normalized spacial score (nSPS) is 44.1. The molecule has 0 aromatic rings. The molecular formula is C31H46ClNO4. The maximum absolute atomic E-state index is 12.0. The van der Waals surface area contributed by atoms with Crippen molar-refractivity contribution in [1.82, 2.24) is 0 Å². The minimum atomic E-state index is -0.206. The van der Waals surface area contributed by atoms with Gasteiger partial charge in [-0.15, -0.1) is 11.6 Å². The molecule has 0 heterocycles. The Bertz CT molecular complexity index is 838. The predicted octanol–water partition coefficient (Wildman–Crippen LogP) is 7.21. The summed E-state index contributed by atoms with van der Waals surface area (Å²) in [7, 11) is 0. The van der Waals surface area contributed by atoms with Crippen LogP contribution in [0.5, 0.6) is 0 Å². The molecule has 0 aromatic carbocycles. The van der Waals surface area contributed by atoms with Gasteiger partial charge in [-0.1, -0.05) is 0 Å². The van der Waals surface area contributed by atoms with Gasteiger partial charge in [0.2, 0.25) is 6.54 Å². The molecule has 6 heteroatoms. The molecule has 0 aromatic heterocycles. The number of halogens is 1. The lowest BCUT2D eigenvalue weighted by atomic mass is 9.50. The van der Waals surface area contributed by atoms with E-state index in [0.717, 1.165) is 30.1 Å². The Labute approximate surface area is 228 Å². The van der Waals surface area contributed by atoms with Crippen molar-refractivity contribution in [2.45, 2.75) is 115 Å². The van der Waals surface area contributed by atoms with Crippen LogP contribution in [0.1, 0.15) is 104 Å². The van der Waals surface area contributed by atoms with Crippen LogP contribution in [0.15, 0.2) is 0 Å². The lowest BCUT2D eigenvalue weighted by molar-refractivity contribution is -0.203. The number of hydrogen-bond acceptors (Lipinski definition) is 4. The zero-order chi connectivity index (χ0) is 26.2. The molecule has 8 saturated carbocycles. The van der Waals surface area contributed by atoms with Crippen LogP contribution in [0.25, 0.3) is 4.85 Å². The van der Waals surface area contributed by atoms with Gasteiger partial charge in [-0.2, -0.15) is 0 Å². The Kier molecular flexibility index (Phi) is 8.17. The second kappa shape index (κ2) is 11.1. The van der Waals surface area contributed by atoms with Crippen LogP contribution in [0, 0.1) is 53.9 Å². The molecule has 0 saturated heterocycles. The summed E-state index contributed by atoms with van der Waals surface area (Å²) in [5.74, 6) is 6.48. The summed E-state index contributed by atoms with van der Waals surface area (Å²) in [6, 6.07) is 0. The van der Waals surface area contributed by atoms with Crippen LogP contribution >= 0.6 is 11.6 Å². The average Bonchev–Trinajstić information content (AvgIpc) is 2.84. The van der Waals surface area contributed by atoms with Crippen LogP contribution in [0.2, 0.25) is 0 Å². The van der Waals surface area contributed by atoms with Gasteiger partial charge in [0.25, 0.3) is 0 Å². The van der Waals surface area contributed by atoms with Crippen LogP contribution in [0.3, 0.4) is 0 Å². The molecule has 0 unspecified atom stereocenters. The van der Waals surface area contributed by atoms with Crippen molar-refractivity contribution in [2.75, 3.05) is 12.4 Å². The highest BCUT2D eigenvalue weighted by molar-refractivity contribution is 6.17. The molecule has 0 aliphatic heterocycles. The second-order valence-corrected chi connectivity index (χ2v) is 14.1. The van der Waals surface area contributed by atoms with Gasteiger partial charge in [-0.3, -0.25) is 9.59 Å². The molecule has 0 spiro atoms. The van der Waals surface area contributed by atoms with E-state index in [9.17, 15) is 9.59 Å². The van der Waals surface area contributed by atoms with Gasteiger partial charge in [0.15, 0.2) is 0 Å². The SMILES string of the molecule is CC1(OC(=O)CCCCl)C2CC3CC(C2)CC1C3.[C-]#[N+]CCCC(=O)OC1(C)C2CC3CC(C2)CC1C3. The highest BCUT2D eigenvalue weighted by Crippen LogP contribution is 2.60. The van der Waals surface area contributed by atoms with Crippen molar-refractivity contribution in [1.29, 1.82) is 0 Å². The van der Waals surface area contributed by atoms with Gasteiger partial charge >= 0.3 is 11.9 Å². The standard InChI is InChI=1S/C16H23NO2.C15H23ClO2/c1-16(19-15(18)4-3-5-17-2)13-7-11-6-12(9-13)10-14(16)8-11;1-15(18-14(17)3-2-4-16)12-6-10-5-11(8-12)9-13(15)7-10/h11-14H,3-10H2,1H3;10-13H,2-9H2,1H3. The quantitative estimate of drug-likeness (QED) is 0.144. The summed E-state index contributed by atoms with van der Waals surface area (Å²) < 4.78 is 11.8. The lowest BCUT2D eigenvalue weighted by Gasteiger charge is -2.59. The van der Waals surface area contributed by atoms with E-state index in [0.29, 0.717) is 55.4 Å². The monoisotopic (exact) mass is 531 g/mol. The van der Waals surface area contributed by atoms with Crippen LogP contribution in [-0.4, -0.2) is 35.6 Å². The van der Waals surface area contributed by atoms with Gasteiger partial charge in [0, 0.05) is 18.7 Å². The molecule has 8 aliphatic carbocycles. The van der Waals surface area contributed by atoms with E-state index in [2.05, 4.69) is 18.7 Å². The molecule has 37 heavy (non-hydrogen) atoms. The summed E-state index contributed by atoms with van der Waals surface area (Å²) in [6.45, 7) is 11.5. The summed E-state index contributed by atoms with van der Waals surface area (Å²) in [5.41, 5.74) is -0.376.